The van der Waals surface area contributed by atoms with Gasteiger partial charge in [-0.2, -0.15) is 0 Å². The number of benzene rings is 1. The summed E-state index contributed by atoms with van der Waals surface area (Å²) in [6, 6.07) is 2.19. The van der Waals surface area contributed by atoms with E-state index in [4.69, 9.17) is 0 Å². The van der Waals surface area contributed by atoms with Gasteiger partial charge in [-0.1, -0.05) is 6.07 Å². The lowest BCUT2D eigenvalue weighted by Crippen LogP contribution is -2.18. The summed E-state index contributed by atoms with van der Waals surface area (Å²) in [5.74, 6) is -0.930. The highest BCUT2D eigenvalue weighted by Gasteiger charge is 2.32. The number of carbonyl (C=O) groups excluding carboxylic acids is 1. The Hall–Kier alpha value is -1.66. The summed E-state index contributed by atoms with van der Waals surface area (Å²) >= 11 is 0. The third kappa shape index (κ3) is 3.18. The third-order valence-corrected chi connectivity index (χ3v) is 1.64. The predicted octanol–water partition coefficient (Wildman–Crippen LogP) is 3.34. The second-order valence-electron chi connectivity index (χ2n) is 2.76. The van der Waals surface area contributed by atoms with Crippen molar-refractivity contribution in [2.24, 2.45) is 0 Å². The minimum Gasteiger partial charge on any atom is -0.405 e. The van der Waals surface area contributed by atoms with Gasteiger partial charge in [0.2, 0.25) is 0 Å². The average molecular weight is 240 g/mol. The first-order valence-corrected chi connectivity index (χ1v) is 3.96. The first-order chi connectivity index (χ1) is 7.33. The van der Waals surface area contributed by atoms with Gasteiger partial charge in [0, 0.05) is 5.56 Å². The average Bonchev–Trinajstić information content (AvgIpc) is 2.15. The first kappa shape index (κ1) is 12.4. The van der Waals surface area contributed by atoms with Crippen molar-refractivity contribution in [2.45, 2.75) is 12.8 Å². The van der Waals surface area contributed by atoms with Gasteiger partial charge >= 0.3 is 6.36 Å². The highest BCUT2D eigenvalue weighted by atomic mass is 19.4. The van der Waals surface area contributed by atoms with E-state index in [9.17, 15) is 26.7 Å². The lowest BCUT2D eigenvalue weighted by atomic mass is 10.1. The van der Waals surface area contributed by atoms with Crippen LogP contribution in [0, 0.1) is 0 Å². The van der Waals surface area contributed by atoms with E-state index < -0.39 is 29.7 Å². The fourth-order valence-electron chi connectivity index (χ4n) is 0.997. The summed E-state index contributed by atoms with van der Waals surface area (Å²) in [6.07, 6.45) is -7.87. The van der Waals surface area contributed by atoms with Crippen LogP contribution in [0.1, 0.15) is 22.3 Å². The Labute approximate surface area is 86.6 Å². The molecule has 0 radical (unpaired) electrons. The molecule has 0 spiro atoms. The topological polar surface area (TPSA) is 26.3 Å². The summed E-state index contributed by atoms with van der Waals surface area (Å²) in [5, 5.41) is 0. The number of halogens is 5. The fourth-order valence-corrected chi connectivity index (χ4v) is 0.997. The SMILES string of the molecule is O=Cc1ccc(C(F)F)cc1OC(F)(F)F. The molecule has 0 bridgehead atoms. The molecule has 0 unspecified atom stereocenters. The highest BCUT2D eigenvalue weighted by Crippen LogP contribution is 2.29. The number of alkyl halides is 5. The Morgan fingerprint density at radius 2 is 1.88 bits per heavy atom. The van der Waals surface area contributed by atoms with Crippen molar-refractivity contribution in [1.29, 1.82) is 0 Å². The maximum Gasteiger partial charge on any atom is 0.573 e. The Kier molecular flexibility index (Phi) is 3.46. The lowest BCUT2D eigenvalue weighted by molar-refractivity contribution is -0.274. The molecule has 0 aromatic heterocycles. The van der Waals surface area contributed by atoms with Crippen molar-refractivity contribution in [3.05, 3.63) is 29.3 Å². The van der Waals surface area contributed by atoms with Crippen LogP contribution in [0.15, 0.2) is 18.2 Å². The summed E-state index contributed by atoms with van der Waals surface area (Å²) in [4.78, 5) is 10.4. The van der Waals surface area contributed by atoms with E-state index in [0.29, 0.717) is 6.07 Å². The molecule has 0 atom stereocenters. The first-order valence-electron chi connectivity index (χ1n) is 3.96. The monoisotopic (exact) mass is 240 g/mol. The number of ether oxygens (including phenoxy) is 1. The van der Waals surface area contributed by atoms with Gasteiger partial charge < -0.3 is 4.74 Å². The van der Waals surface area contributed by atoms with Crippen molar-refractivity contribution in [1.82, 2.24) is 0 Å². The molecule has 0 amide bonds. The molecule has 0 saturated carbocycles. The lowest BCUT2D eigenvalue weighted by Gasteiger charge is -2.11. The molecular weight excluding hydrogens is 235 g/mol. The summed E-state index contributed by atoms with van der Waals surface area (Å²) in [5.41, 5.74) is -1.09. The zero-order valence-corrected chi connectivity index (χ0v) is 7.59. The van der Waals surface area contributed by atoms with Crippen molar-refractivity contribution in [3.63, 3.8) is 0 Å². The maximum absolute atomic E-state index is 12.2. The Morgan fingerprint density at radius 1 is 1.25 bits per heavy atom. The van der Waals surface area contributed by atoms with Crippen LogP contribution in [0.25, 0.3) is 0 Å². The second kappa shape index (κ2) is 4.46. The van der Waals surface area contributed by atoms with Crippen molar-refractivity contribution >= 4 is 6.29 Å². The molecule has 1 aromatic rings. The number of carbonyl (C=O) groups is 1. The van der Waals surface area contributed by atoms with Gasteiger partial charge in [-0.3, -0.25) is 4.79 Å². The smallest absolute Gasteiger partial charge is 0.405 e. The molecule has 0 aliphatic carbocycles. The molecule has 0 fully saturated rings. The van der Waals surface area contributed by atoms with Crippen LogP contribution in [0.5, 0.6) is 5.75 Å². The predicted molar refractivity (Wildman–Crippen MR) is 43.5 cm³/mol. The minimum absolute atomic E-state index is 0.0936. The normalized spacial score (nSPS) is 11.6. The molecule has 1 rings (SSSR count). The summed E-state index contributed by atoms with van der Waals surface area (Å²) in [6.45, 7) is 0. The van der Waals surface area contributed by atoms with Crippen LogP contribution in [-0.4, -0.2) is 12.6 Å². The minimum atomic E-state index is -5.03. The van der Waals surface area contributed by atoms with Gasteiger partial charge in [0.1, 0.15) is 5.75 Å². The van der Waals surface area contributed by atoms with E-state index in [1.54, 1.807) is 0 Å². The highest BCUT2D eigenvalue weighted by molar-refractivity contribution is 5.79. The molecular formula is C9H5F5O2. The zero-order chi connectivity index (χ0) is 12.3. The number of hydrogen-bond donors (Lipinski definition) is 0. The van der Waals surface area contributed by atoms with Crippen LogP contribution in [0.4, 0.5) is 22.0 Å². The number of aldehydes is 1. The van der Waals surface area contributed by atoms with E-state index in [0.717, 1.165) is 12.1 Å². The zero-order valence-electron chi connectivity index (χ0n) is 7.59. The quantitative estimate of drug-likeness (QED) is 0.598. The summed E-state index contributed by atoms with van der Waals surface area (Å²) < 4.78 is 63.4. The van der Waals surface area contributed by atoms with Crippen molar-refractivity contribution < 1.29 is 31.5 Å². The van der Waals surface area contributed by atoms with Crippen LogP contribution < -0.4 is 4.74 Å². The molecule has 16 heavy (non-hydrogen) atoms. The largest absolute Gasteiger partial charge is 0.573 e. The third-order valence-electron chi connectivity index (χ3n) is 1.64. The Bertz CT molecular complexity index is 386. The number of hydrogen-bond acceptors (Lipinski definition) is 2. The molecule has 0 aliphatic heterocycles. The second-order valence-corrected chi connectivity index (χ2v) is 2.76. The fraction of sp³-hybridized carbons (Fsp3) is 0.222. The molecule has 1 aromatic carbocycles. The molecule has 2 nitrogen and oxygen atoms in total. The molecule has 0 saturated heterocycles. The van der Waals surface area contributed by atoms with Crippen molar-refractivity contribution in [2.75, 3.05) is 0 Å². The van der Waals surface area contributed by atoms with Crippen LogP contribution in [0.3, 0.4) is 0 Å². The van der Waals surface area contributed by atoms with E-state index >= 15 is 0 Å². The van der Waals surface area contributed by atoms with E-state index in [1.807, 2.05) is 0 Å². The van der Waals surface area contributed by atoms with Crippen LogP contribution in [0.2, 0.25) is 0 Å². The van der Waals surface area contributed by atoms with Gasteiger partial charge in [0.05, 0.1) is 5.56 Å². The van der Waals surface area contributed by atoms with Gasteiger partial charge in [-0.05, 0) is 12.1 Å². The van der Waals surface area contributed by atoms with E-state index in [1.165, 1.54) is 0 Å². The van der Waals surface area contributed by atoms with Crippen LogP contribution >= 0.6 is 0 Å². The molecule has 0 heterocycles. The van der Waals surface area contributed by atoms with Gasteiger partial charge in [0.25, 0.3) is 6.43 Å². The Balaban J connectivity index is 3.12. The van der Waals surface area contributed by atoms with Gasteiger partial charge in [-0.15, -0.1) is 13.2 Å². The van der Waals surface area contributed by atoms with Gasteiger partial charge in [-0.25, -0.2) is 8.78 Å². The molecule has 7 heteroatoms. The Morgan fingerprint density at radius 3 is 2.31 bits per heavy atom. The molecule has 88 valence electrons. The van der Waals surface area contributed by atoms with Crippen molar-refractivity contribution in [3.8, 4) is 5.75 Å². The standard InChI is InChI=1S/C9H5F5O2/c10-8(11)5-1-2-6(4-15)7(3-5)16-9(12,13)14/h1-4,8H. The van der Waals surface area contributed by atoms with E-state index in [2.05, 4.69) is 4.74 Å². The summed E-state index contributed by atoms with van der Waals surface area (Å²) in [7, 11) is 0. The number of rotatable bonds is 3. The van der Waals surface area contributed by atoms with E-state index in [-0.39, 0.29) is 6.29 Å². The van der Waals surface area contributed by atoms with Gasteiger partial charge in [0.15, 0.2) is 6.29 Å². The molecule has 0 N–H and O–H groups in total. The van der Waals surface area contributed by atoms with Crippen LogP contribution in [-0.2, 0) is 0 Å². The maximum atomic E-state index is 12.2. The molecule has 0 aliphatic rings.